The summed E-state index contributed by atoms with van der Waals surface area (Å²) in [7, 11) is 0. The number of nitrogens with one attached hydrogen (secondary N) is 1. The molecule has 0 aliphatic carbocycles. The zero-order chi connectivity index (χ0) is 15.0. The smallest absolute Gasteiger partial charge is 0.230 e. The molecule has 3 N–H and O–H groups in total. The Kier molecular flexibility index (Phi) is 3.57. The number of nitrogens with zero attached hydrogens (tertiary/aromatic N) is 1. The first-order chi connectivity index (χ1) is 10.1. The molecule has 0 radical (unpaired) electrons. The van der Waals surface area contributed by atoms with E-state index in [1.54, 1.807) is 0 Å². The molecule has 0 bridgehead atoms. The second kappa shape index (κ2) is 5.39. The number of nitrogen functional groups attached to an aromatic ring is 1. The van der Waals surface area contributed by atoms with Crippen molar-refractivity contribution in [1.29, 1.82) is 0 Å². The van der Waals surface area contributed by atoms with Crippen LogP contribution >= 0.6 is 0 Å². The van der Waals surface area contributed by atoms with Crippen LogP contribution in [0.25, 0.3) is 0 Å². The first-order valence-electron chi connectivity index (χ1n) is 7.51. The van der Waals surface area contributed by atoms with E-state index >= 15 is 0 Å². The van der Waals surface area contributed by atoms with Gasteiger partial charge in [0.05, 0.1) is 17.9 Å². The number of carbonyl (C=O) groups excluding carboxylic acids is 2. The van der Waals surface area contributed by atoms with Crippen LogP contribution in [-0.4, -0.2) is 35.8 Å². The molecule has 3 rings (SSSR count). The van der Waals surface area contributed by atoms with Crippen molar-refractivity contribution in [3.63, 3.8) is 0 Å². The number of benzene rings is 1. The lowest BCUT2D eigenvalue weighted by atomic mass is 9.89. The van der Waals surface area contributed by atoms with E-state index in [1.165, 1.54) is 0 Å². The van der Waals surface area contributed by atoms with Crippen LogP contribution in [0.2, 0.25) is 0 Å². The highest BCUT2D eigenvalue weighted by Gasteiger charge is 2.43. The van der Waals surface area contributed by atoms with Crippen molar-refractivity contribution in [2.45, 2.75) is 31.7 Å². The quantitative estimate of drug-likeness (QED) is 0.800. The molecule has 112 valence electrons. The minimum Gasteiger partial charge on any atom is -0.399 e. The van der Waals surface area contributed by atoms with Crippen molar-refractivity contribution in [2.75, 3.05) is 18.8 Å². The van der Waals surface area contributed by atoms with Gasteiger partial charge in [-0.2, -0.15) is 0 Å². The van der Waals surface area contributed by atoms with Gasteiger partial charge in [-0.15, -0.1) is 0 Å². The van der Waals surface area contributed by atoms with E-state index in [1.807, 2.05) is 36.1 Å². The van der Waals surface area contributed by atoms with Crippen LogP contribution in [-0.2, 0) is 9.59 Å². The van der Waals surface area contributed by atoms with E-state index in [-0.39, 0.29) is 29.7 Å². The van der Waals surface area contributed by atoms with Crippen LogP contribution in [0.15, 0.2) is 24.3 Å². The summed E-state index contributed by atoms with van der Waals surface area (Å²) < 4.78 is 0. The van der Waals surface area contributed by atoms with Crippen LogP contribution in [0.5, 0.6) is 0 Å². The Labute approximate surface area is 124 Å². The van der Waals surface area contributed by atoms with Gasteiger partial charge >= 0.3 is 0 Å². The summed E-state index contributed by atoms with van der Waals surface area (Å²) in [5.74, 6) is -0.0837. The summed E-state index contributed by atoms with van der Waals surface area (Å²) >= 11 is 0. The number of likely N-dealkylation sites (tertiary alicyclic amines) is 1. The van der Waals surface area contributed by atoms with E-state index < -0.39 is 0 Å². The summed E-state index contributed by atoms with van der Waals surface area (Å²) in [5.41, 5.74) is 7.40. The first kappa shape index (κ1) is 13.9. The van der Waals surface area contributed by atoms with Gasteiger partial charge in [0.15, 0.2) is 0 Å². The van der Waals surface area contributed by atoms with Crippen LogP contribution in [0.3, 0.4) is 0 Å². The molecule has 3 atom stereocenters. The van der Waals surface area contributed by atoms with Crippen LogP contribution < -0.4 is 11.1 Å². The number of anilines is 1. The van der Waals surface area contributed by atoms with E-state index in [9.17, 15) is 9.59 Å². The molecule has 2 fully saturated rings. The predicted octanol–water partition coefficient (Wildman–Crippen LogP) is 1.11. The number of piperidine rings is 1. The Balaban J connectivity index is 1.79. The van der Waals surface area contributed by atoms with Crippen LogP contribution in [0.4, 0.5) is 5.69 Å². The molecular weight excluding hydrogens is 266 g/mol. The molecule has 0 spiro atoms. The van der Waals surface area contributed by atoms with Gasteiger partial charge in [-0.25, -0.2) is 0 Å². The van der Waals surface area contributed by atoms with Gasteiger partial charge in [0, 0.05) is 18.8 Å². The third-order valence-corrected chi connectivity index (χ3v) is 4.67. The molecule has 2 aliphatic rings. The van der Waals surface area contributed by atoms with Crippen molar-refractivity contribution >= 4 is 17.5 Å². The highest BCUT2D eigenvalue weighted by atomic mass is 16.2. The van der Waals surface area contributed by atoms with Gasteiger partial charge in [0.25, 0.3) is 0 Å². The number of rotatable bonds is 2. The molecular formula is C16H21N3O2. The number of fused-ring (bicyclic) bond motifs is 1. The first-order valence-corrected chi connectivity index (χ1v) is 7.51. The van der Waals surface area contributed by atoms with Crippen molar-refractivity contribution in [3.05, 3.63) is 29.8 Å². The van der Waals surface area contributed by atoms with Crippen LogP contribution in [0, 0.1) is 5.92 Å². The fourth-order valence-electron chi connectivity index (χ4n) is 3.44. The summed E-state index contributed by atoms with van der Waals surface area (Å²) in [4.78, 5) is 26.5. The Morgan fingerprint density at radius 2 is 2.29 bits per heavy atom. The van der Waals surface area contributed by atoms with Gasteiger partial charge in [-0.3, -0.25) is 9.59 Å². The zero-order valence-corrected chi connectivity index (χ0v) is 12.2. The lowest BCUT2D eigenvalue weighted by Crippen LogP contribution is -2.50. The fraction of sp³-hybridized carbons (Fsp3) is 0.500. The lowest BCUT2D eigenvalue weighted by Gasteiger charge is -2.37. The maximum Gasteiger partial charge on any atom is 0.230 e. The fourth-order valence-corrected chi connectivity index (χ4v) is 3.44. The monoisotopic (exact) mass is 287 g/mol. The number of amides is 2. The Morgan fingerprint density at radius 1 is 1.48 bits per heavy atom. The molecule has 2 saturated heterocycles. The van der Waals surface area contributed by atoms with Crippen molar-refractivity contribution in [2.24, 2.45) is 5.92 Å². The molecule has 0 saturated carbocycles. The number of carbonyl (C=O) groups is 2. The van der Waals surface area contributed by atoms with Crippen molar-refractivity contribution in [3.8, 4) is 0 Å². The third kappa shape index (κ3) is 2.48. The van der Waals surface area contributed by atoms with E-state index in [4.69, 9.17) is 5.73 Å². The average Bonchev–Trinajstić information content (AvgIpc) is 2.87. The molecule has 5 heteroatoms. The molecule has 1 aromatic rings. The Morgan fingerprint density at radius 3 is 3.05 bits per heavy atom. The van der Waals surface area contributed by atoms with E-state index in [0.29, 0.717) is 12.2 Å². The average molecular weight is 287 g/mol. The summed E-state index contributed by atoms with van der Waals surface area (Å²) in [5, 5.41) is 2.88. The second-order valence-electron chi connectivity index (χ2n) is 5.98. The Hall–Kier alpha value is -2.04. The molecule has 2 amide bonds. The van der Waals surface area contributed by atoms with Crippen LogP contribution in [0.1, 0.15) is 31.2 Å². The van der Waals surface area contributed by atoms with Gasteiger partial charge in [-0.1, -0.05) is 12.1 Å². The highest BCUT2D eigenvalue weighted by molar-refractivity contribution is 5.87. The minimum atomic E-state index is -0.233. The second-order valence-corrected chi connectivity index (χ2v) is 5.98. The predicted molar refractivity (Wildman–Crippen MR) is 80.5 cm³/mol. The molecule has 0 aromatic heterocycles. The summed E-state index contributed by atoms with van der Waals surface area (Å²) in [6, 6.07) is 7.48. The maximum absolute atomic E-state index is 12.8. The standard InChI is InChI=1S/C16H21N3O2/c1-10(11-4-2-5-12(17)8-11)16(21)19-7-3-6-13-14(19)9-18-15(13)20/h2,4-5,8,10,13-14H,3,6-7,9,17H2,1H3,(H,18,20). The largest absolute Gasteiger partial charge is 0.399 e. The minimum absolute atomic E-state index is 0.0160. The van der Waals surface area contributed by atoms with Gasteiger partial charge in [0.1, 0.15) is 0 Å². The van der Waals surface area contributed by atoms with E-state index in [2.05, 4.69) is 5.32 Å². The third-order valence-electron chi connectivity index (χ3n) is 4.67. The van der Waals surface area contributed by atoms with Gasteiger partial charge in [-0.05, 0) is 37.5 Å². The number of hydrogen-bond acceptors (Lipinski definition) is 3. The zero-order valence-electron chi connectivity index (χ0n) is 12.2. The number of hydrogen-bond donors (Lipinski definition) is 2. The maximum atomic E-state index is 12.8. The van der Waals surface area contributed by atoms with E-state index in [0.717, 1.165) is 24.9 Å². The Bertz CT molecular complexity index is 572. The lowest BCUT2D eigenvalue weighted by molar-refractivity contribution is -0.137. The molecule has 2 heterocycles. The van der Waals surface area contributed by atoms with Gasteiger partial charge < -0.3 is 16.0 Å². The highest BCUT2D eigenvalue weighted by Crippen LogP contribution is 2.30. The molecule has 1 aromatic carbocycles. The van der Waals surface area contributed by atoms with Gasteiger partial charge in [0.2, 0.25) is 11.8 Å². The molecule has 21 heavy (non-hydrogen) atoms. The SMILES string of the molecule is CC(C(=O)N1CCCC2C(=O)NCC21)c1cccc(N)c1. The van der Waals surface area contributed by atoms with Crippen molar-refractivity contribution in [1.82, 2.24) is 10.2 Å². The summed E-state index contributed by atoms with van der Waals surface area (Å²) in [6.07, 6.45) is 1.77. The topological polar surface area (TPSA) is 75.4 Å². The molecule has 2 aliphatic heterocycles. The summed E-state index contributed by atoms with van der Waals surface area (Å²) in [6.45, 7) is 3.23. The number of nitrogens with two attached hydrogens (primary N) is 1. The molecule has 3 unspecified atom stereocenters. The normalized spacial score (nSPS) is 26.1. The van der Waals surface area contributed by atoms with Crippen molar-refractivity contribution < 1.29 is 9.59 Å². The molecule has 5 nitrogen and oxygen atoms in total.